The number of thiol groups is 1. The monoisotopic (exact) mass is 289 g/mol. The van der Waals surface area contributed by atoms with Crippen LogP contribution in [0.2, 0.25) is 0 Å². The van der Waals surface area contributed by atoms with Gasteiger partial charge in [-0.15, -0.1) is 0 Å². The van der Waals surface area contributed by atoms with Crippen LogP contribution in [0.25, 0.3) is 11.0 Å². The third-order valence-corrected chi connectivity index (χ3v) is 4.68. The van der Waals surface area contributed by atoms with E-state index in [-0.39, 0.29) is 11.2 Å². The number of rotatable bonds is 6. The van der Waals surface area contributed by atoms with E-state index in [1.165, 1.54) is 0 Å². The van der Waals surface area contributed by atoms with Crippen LogP contribution in [0.5, 0.6) is 5.75 Å². The van der Waals surface area contributed by atoms with E-state index < -0.39 is 0 Å². The summed E-state index contributed by atoms with van der Waals surface area (Å²) in [4.78, 5) is 0. The van der Waals surface area contributed by atoms with E-state index >= 15 is 0 Å². The predicted octanol–water partition coefficient (Wildman–Crippen LogP) is 4.42. The SMILES string of the molecule is CCC(CC)(CS)COc1c(C#N)oc2ccccc12. The molecule has 0 aliphatic heterocycles. The normalized spacial score (nSPS) is 11.5. The van der Waals surface area contributed by atoms with Crippen molar-refractivity contribution in [3.05, 3.63) is 30.0 Å². The molecule has 0 saturated heterocycles. The maximum atomic E-state index is 9.18. The van der Waals surface area contributed by atoms with E-state index in [0.29, 0.717) is 17.9 Å². The van der Waals surface area contributed by atoms with Crippen LogP contribution in [0.3, 0.4) is 0 Å². The predicted molar refractivity (Wildman–Crippen MR) is 83.3 cm³/mol. The van der Waals surface area contributed by atoms with E-state index in [0.717, 1.165) is 24.0 Å². The Bertz CT molecular complexity index is 615. The number of hydrogen-bond donors (Lipinski definition) is 1. The summed E-state index contributed by atoms with van der Waals surface area (Å²) < 4.78 is 11.5. The molecule has 0 unspecified atom stereocenters. The second-order valence-corrected chi connectivity index (χ2v) is 5.34. The Morgan fingerprint density at radius 3 is 2.60 bits per heavy atom. The lowest BCUT2D eigenvalue weighted by Gasteiger charge is -2.29. The van der Waals surface area contributed by atoms with Gasteiger partial charge in [0.1, 0.15) is 11.7 Å². The van der Waals surface area contributed by atoms with E-state index in [1.807, 2.05) is 24.3 Å². The summed E-state index contributed by atoms with van der Waals surface area (Å²) in [5, 5.41) is 10.0. The number of nitriles is 1. The molecule has 1 aromatic carbocycles. The van der Waals surface area contributed by atoms with Crippen LogP contribution in [0.4, 0.5) is 0 Å². The topological polar surface area (TPSA) is 46.2 Å². The summed E-state index contributed by atoms with van der Waals surface area (Å²) in [7, 11) is 0. The Balaban J connectivity index is 2.32. The van der Waals surface area contributed by atoms with Crippen LogP contribution in [0.1, 0.15) is 32.4 Å². The first-order valence-corrected chi connectivity index (χ1v) is 7.48. The van der Waals surface area contributed by atoms with E-state index in [1.54, 1.807) is 0 Å². The summed E-state index contributed by atoms with van der Waals surface area (Å²) >= 11 is 4.45. The fraction of sp³-hybridized carbons (Fsp3) is 0.438. The van der Waals surface area contributed by atoms with Gasteiger partial charge < -0.3 is 9.15 Å². The Hall–Kier alpha value is -1.60. The maximum absolute atomic E-state index is 9.18. The average molecular weight is 289 g/mol. The minimum Gasteiger partial charge on any atom is -0.488 e. The zero-order valence-electron chi connectivity index (χ0n) is 11.8. The molecular weight excluding hydrogens is 270 g/mol. The Morgan fingerprint density at radius 1 is 1.30 bits per heavy atom. The molecule has 0 aliphatic rings. The van der Waals surface area contributed by atoms with Gasteiger partial charge in [0.25, 0.3) is 0 Å². The Kier molecular flexibility index (Phi) is 4.61. The summed E-state index contributed by atoms with van der Waals surface area (Å²) in [6.45, 7) is 4.82. The molecule has 0 amide bonds. The molecule has 0 aliphatic carbocycles. The molecule has 0 fully saturated rings. The zero-order chi connectivity index (χ0) is 14.6. The van der Waals surface area contributed by atoms with Gasteiger partial charge in [-0.1, -0.05) is 26.0 Å². The van der Waals surface area contributed by atoms with Gasteiger partial charge >= 0.3 is 0 Å². The fourth-order valence-corrected chi connectivity index (χ4v) is 2.73. The van der Waals surface area contributed by atoms with Crippen LogP contribution in [0.15, 0.2) is 28.7 Å². The van der Waals surface area contributed by atoms with Crippen molar-refractivity contribution in [2.45, 2.75) is 26.7 Å². The van der Waals surface area contributed by atoms with Crippen molar-refractivity contribution in [1.29, 1.82) is 5.26 Å². The highest BCUT2D eigenvalue weighted by molar-refractivity contribution is 7.80. The minimum absolute atomic E-state index is 0.0359. The lowest BCUT2D eigenvalue weighted by atomic mass is 9.85. The summed E-state index contributed by atoms with van der Waals surface area (Å²) in [6.07, 6.45) is 1.98. The van der Waals surface area contributed by atoms with Crippen LogP contribution >= 0.6 is 12.6 Å². The zero-order valence-corrected chi connectivity index (χ0v) is 12.7. The number of hydrogen-bond acceptors (Lipinski definition) is 4. The second-order valence-electron chi connectivity index (χ2n) is 5.02. The van der Waals surface area contributed by atoms with Crippen LogP contribution in [-0.2, 0) is 0 Å². The number of furan rings is 1. The highest BCUT2D eigenvalue weighted by Gasteiger charge is 2.27. The molecule has 20 heavy (non-hydrogen) atoms. The molecule has 1 heterocycles. The number of nitrogens with zero attached hydrogens (tertiary/aromatic N) is 1. The fourth-order valence-electron chi connectivity index (χ4n) is 2.19. The Labute approximate surface area is 124 Å². The number of benzene rings is 1. The molecule has 0 radical (unpaired) electrons. The van der Waals surface area contributed by atoms with Crippen molar-refractivity contribution in [2.75, 3.05) is 12.4 Å². The van der Waals surface area contributed by atoms with Crippen molar-refractivity contribution in [2.24, 2.45) is 5.41 Å². The van der Waals surface area contributed by atoms with E-state index in [9.17, 15) is 5.26 Å². The molecule has 0 spiro atoms. The van der Waals surface area contributed by atoms with Crippen molar-refractivity contribution >= 4 is 23.6 Å². The second kappa shape index (κ2) is 6.23. The van der Waals surface area contributed by atoms with Gasteiger partial charge in [-0.05, 0) is 30.7 Å². The first-order valence-electron chi connectivity index (χ1n) is 6.85. The molecule has 2 rings (SSSR count). The molecule has 3 nitrogen and oxygen atoms in total. The minimum atomic E-state index is 0.0359. The van der Waals surface area contributed by atoms with Gasteiger partial charge in [-0.3, -0.25) is 0 Å². The first kappa shape index (κ1) is 14.8. The lowest BCUT2D eigenvalue weighted by molar-refractivity contribution is 0.157. The summed E-state index contributed by atoms with van der Waals surface area (Å²) in [6, 6.07) is 9.61. The van der Waals surface area contributed by atoms with Gasteiger partial charge in [-0.2, -0.15) is 17.9 Å². The smallest absolute Gasteiger partial charge is 0.246 e. The molecule has 0 atom stereocenters. The molecule has 0 N–H and O–H groups in total. The van der Waals surface area contributed by atoms with Gasteiger partial charge in [0.05, 0.1) is 12.0 Å². The third-order valence-electron chi connectivity index (χ3n) is 4.01. The molecule has 4 heteroatoms. The quantitative estimate of drug-likeness (QED) is 0.801. The third kappa shape index (κ3) is 2.64. The van der Waals surface area contributed by atoms with Crippen molar-refractivity contribution in [1.82, 2.24) is 0 Å². The highest BCUT2D eigenvalue weighted by atomic mass is 32.1. The molecule has 2 aromatic rings. The van der Waals surface area contributed by atoms with Crippen LogP contribution in [0, 0.1) is 16.7 Å². The molecule has 0 bridgehead atoms. The van der Waals surface area contributed by atoms with Crippen LogP contribution < -0.4 is 4.74 Å². The number of ether oxygens (including phenoxy) is 1. The van der Waals surface area contributed by atoms with Crippen molar-refractivity contribution in [3.8, 4) is 11.8 Å². The molecular formula is C16H19NO2S. The number of fused-ring (bicyclic) bond motifs is 1. The van der Waals surface area contributed by atoms with E-state index in [2.05, 4.69) is 32.5 Å². The number of para-hydroxylation sites is 1. The molecule has 0 saturated carbocycles. The van der Waals surface area contributed by atoms with Gasteiger partial charge in [0.2, 0.25) is 5.76 Å². The van der Waals surface area contributed by atoms with Gasteiger partial charge in [0.15, 0.2) is 5.75 Å². The van der Waals surface area contributed by atoms with Crippen molar-refractivity contribution < 1.29 is 9.15 Å². The van der Waals surface area contributed by atoms with Crippen LogP contribution in [-0.4, -0.2) is 12.4 Å². The van der Waals surface area contributed by atoms with Gasteiger partial charge in [-0.25, -0.2) is 0 Å². The largest absolute Gasteiger partial charge is 0.488 e. The highest BCUT2D eigenvalue weighted by Crippen LogP contribution is 2.35. The average Bonchev–Trinajstić information content (AvgIpc) is 2.87. The maximum Gasteiger partial charge on any atom is 0.246 e. The Morgan fingerprint density at radius 2 is 2.00 bits per heavy atom. The summed E-state index contributed by atoms with van der Waals surface area (Å²) in [5.74, 6) is 1.56. The molecule has 106 valence electrons. The molecule has 1 aromatic heterocycles. The summed E-state index contributed by atoms with van der Waals surface area (Å²) in [5.41, 5.74) is 0.720. The standard InChI is InChI=1S/C16H19NO2S/c1-3-16(4-2,11-20)10-18-15-12-7-5-6-8-13(12)19-14(15)9-17/h5-8,20H,3-4,10-11H2,1-2H3. The van der Waals surface area contributed by atoms with E-state index in [4.69, 9.17) is 9.15 Å². The van der Waals surface area contributed by atoms with Gasteiger partial charge in [0, 0.05) is 5.41 Å². The first-order chi connectivity index (χ1) is 9.69. The van der Waals surface area contributed by atoms with Crippen molar-refractivity contribution in [3.63, 3.8) is 0 Å². The lowest BCUT2D eigenvalue weighted by Crippen LogP contribution is -2.29.